The van der Waals surface area contributed by atoms with Crippen LogP contribution in [0.1, 0.15) is 55.2 Å². The normalized spacial score (nSPS) is 12.7. The van der Waals surface area contributed by atoms with Gasteiger partial charge in [-0.15, -0.1) is 0 Å². The van der Waals surface area contributed by atoms with Crippen LogP contribution in [-0.2, 0) is 0 Å². The van der Waals surface area contributed by atoms with Crippen LogP contribution >= 0.6 is 11.6 Å². The maximum Gasteiger partial charge on any atom is 0.179 e. The van der Waals surface area contributed by atoms with Crippen LogP contribution in [0.4, 0.5) is 4.39 Å². The van der Waals surface area contributed by atoms with Gasteiger partial charge >= 0.3 is 0 Å². The molecule has 1 aromatic heterocycles. The molecule has 0 radical (unpaired) electrons. The van der Waals surface area contributed by atoms with E-state index in [1.165, 1.54) is 6.07 Å². The van der Waals surface area contributed by atoms with E-state index in [1.54, 1.807) is 18.2 Å². The highest BCUT2D eigenvalue weighted by Crippen LogP contribution is 2.30. The predicted molar refractivity (Wildman–Crippen MR) is 83.6 cm³/mol. The van der Waals surface area contributed by atoms with Crippen molar-refractivity contribution < 1.29 is 9.18 Å². The average Bonchev–Trinajstić information content (AvgIpc) is 2.87. The third kappa shape index (κ3) is 3.35. The summed E-state index contributed by atoms with van der Waals surface area (Å²) in [6, 6.07) is 8.47. The van der Waals surface area contributed by atoms with Crippen LogP contribution in [0.2, 0.25) is 5.02 Å². The van der Waals surface area contributed by atoms with Crippen LogP contribution in [-0.4, -0.2) is 10.4 Å². The highest BCUT2D eigenvalue weighted by Gasteiger charge is 2.20. The Labute approximate surface area is 129 Å². The van der Waals surface area contributed by atoms with Crippen molar-refractivity contribution in [2.24, 2.45) is 0 Å². The molecule has 4 heteroatoms. The lowest BCUT2D eigenvalue weighted by atomic mass is 9.94. The van der Waals surface area contributed by atoms with Gasteiger partial charge in [0.1, 0.15) is 5.82 Å². The molecular formula is C17H19ClFNO. The average molecular weight is 308 g/mol. The number of benzene rings is 1. The van der Waals surface area contributed by atoms with Crippen LogP contribution in [0.25, 0.3) is 0 Å². The van der Waals surface area contributed by atoms with Gasteiger partial charge in [0.15, 0.2) is 5.78 Å². The van der Waals surface area contributed by atoms with E-state index in [2.05, 4.69) is 0 Å². The van der Waals surface area contributed by atoms with Crippen molar-refractivity contribution >= 4 is 17.4 Å². The lowest BCUT2D eigenvalue weighted by Crippen LogP contribution is -2.13. The molecule has 112 valence electrons. The summed E-state index contributed by atoms with van der Waals surface area (Å²) in [6.07, 6.45) is 2.12. The largest absolute Gasteiger partial charge is 0.343 e. The molecule has 0 fully saturated rings. The highest BCUT2D eigenvalue weighted by molar-refractivity contribution is 6.31. The fourth-order valence-corrected chi connectivity index (χ4v) is 2.90. The van der Waals surface area contributed by atoms with Gasteiger partial charge in [-0.3, -0.25) is 4.79 Å². The molecule has 0 saturated heterocycles. The number of aromatic nitrogens is 1. The maximum atomic E-state index is 13.9. The fourth-order valence-electron chi connectivity index (χ4n) is 2.55. The summed E-state index contributed by atoms with van der Waals surface area (Å²) >= 11 is 6.06. The Kier molecular flexibility index (Phi) is 4.84. The summed E-state index contributed by atoms with van der Waals surface area (Å²) in [7, 11) is 0. The molecule has 1 aromatic carbocycles. The molecule has 0 N–H and O–H groups in total. The molecule has 0 bridgehead atoms. The van der Waals surface area contributed by atoms with E-state index < -0.39 is 0 Å². The highest BCUT2D eigenvalue weighted by atomic mass is 35.5. The molecule has 0 saturated carbocycles. The number of hydrogen-bond acceptors (Lipinski definition) is 1. The molecule has 0 aliphatic carbocycles. The second-order valence-electron chi connectivity index (χ2n) is 5.56. The van der Waals surface area contributed by atoms with Crippen molar-refractivity contribution in [2.45, 2.75) is 39.2 Å². The summed E-state index contributed by atoms with van der Waals surface area (Å²) < 4.78 is 15.8. The molecule has 1 heterocycles. The van der Waals surface area contributed by atoms with Crippen LogP contribution in [0.3, 0.4) is 0 Å². The van der Waals surface area contributed by atoms with E-state index in [9.17, 15) is 9.18 Å². The minimum Gasteiger partial charge on any atom is -0.343 e. The van der Waals surface area contributed by atoms with Gasteiger partial charge in [0, 0.05) is 29.2 Å². The number of carbonyl (C=O) groups is 1. The topological polar surface area (TPSA) is 22.0 Å². The lowest BCUT2D eigenvalue weighted by Gasteiger charge is -2.16. The van der Waals surface area contributed by atoms with Crippen LogP contribution in [0.5, 0.6) is 0 Å². The van der Waals surface area contributed by atoms with Crippen LogP contribution in [0.15, 0.2) is 36.5 Å². The summed E-state index contributed by atoms with van der Waals surface area (Å²) in [4.78, 5) is 12.5. The van der Waals surface area contributed by atoms with Gasteiger partial charge in [-0.1, -0.05) is 24.6 Å². The lowest BCUT2D eigenvalue weighted by molar-refractivity contribution is 0.0965. The van der Waals surface area contributed by atoms with Crippen LogP contribution < -0.4 is 0 Å². The predicted octanol–water partition coefficient (Wildman–Crippen LogP) is 5.24. The molecule has 2 nitrogen and oxygen atoms in total. The van der Waals surface area contributed by atoms with Crippen molar-refractivity contribution in [1.82, 2.24) is 4.57 Å². The number of ketones is 1. The Hall–Kier alpha value is -1.61. The number of Topliss-reactive ketones (excluding diaryl/α,β-unsaturated/α-hetero) is 1. The first-order valence-electron chi connectivity index (χ1n) is 7.05. The Bertz CT molecular complexity index is 628. The summed E-state index contributed by atoms with van der Waals surface area (Å²) in [5.74, 6) is -0.621. The fraction of sp³-hybridized carbons (Fsp3) is 0.353. The van der Waals surface area contributed by atoms with Gasteiger partial charge in [0.05, 0.1) is 5.69 Å². The molecule has 2 aromatic rings. The van der Waals surface area contributed by atoms with Gasteiger partial charge in [0.2, 0.25) is 0 Å². The first-order valence-corrected chi connectivity index (χ1v) is 7.43. The van der Waals surface area contributed by atoms with Crippen molar-refractivity contribution in [3.05, 3.63) is 58.6 Å². The van der Waals surface area contributed by atoms with Gasteiger partial charge < -0.3 is 4.57 Å². The van der Waals surface area contributed by atoms with Gasteiger partial charge in [-0.25, -0.2) is 4.39 Å². The van der Waals surface area contributed by atoms with Crippen molar-refractivity contribution in [2.75, 3.05) is 0 Å². The molecule has 0 aliphatic rings. The minimum atomic E-state index is -0.359. The molecule has 2 rings (SSSR count). The van der Waals surface area contributed by atoms with Gasteiger partial charge in [0.25, 0.3) is 0 Å². The third-order valence-corrected chi connectivity index (χ3v) is 3.93. The first kappa shape index (κ1) is 15.8. The zero-order valence-electron chi connectivity index (χ0n) is 12.4. The monoisotopic (exact) mass is 307 g/mol. The molecule has 0 aliphatic heterocycles. The van der Waals surface area contributed by atoms with Crippen molar-refractivity contribution in [3.8, 4) is 0 Å². The summed E-state index contributed by atoms with van der Waals surface area (Å²) in [5, 5.41) is 0.370. The number of carbonyl (C=O) groups excluding carboxylic acids is 1. The van der Waals surface area contributed by atoms with Gasteiger partial charge in [-0.05, 0) is 44.0 Å². The third-order valence-electron chi connectivity index (χ3n) is 3.61. The minimum absolute atomic E-state index is 0.000481. The number of hydrogen-bond donors (Lipinski definition) is 0. The zero-order valence-corrected chi connectivity index (χ0v) is 13.2. The number of nitrogens with zero attached hydrogens (tertiary/aromatic N) is 1. The molecule has 1 unspecified atom stereocenters. The smallest absolute Gasteiger partial charge is 0.179 e. The van der Waals surface area contributed by atoms with Gasteiger partial charge in [-0.2, -0.15) is 0 Å². The Morgan fingerprint density at radius 2 is 1.95 bits per heavy atom. The SMILES string of the molecule is CC(CC(=O)c1cccn1C(C)C)c1c(F)cccc1Cl. The van der Waals surface area contributed by atoms with E-state index in [-0.39, 0.29) is 30.0 Å². The molecule has 0 amide bonds. The molecule has 1 atom stereocenters. The maximum absolute atomic E-state index is 13.9. The zero-order chi connectivity index (χ0) is 15.6. The van der Waals surface area contributed by atoms with Crippen LogP contribution in [0, 0.1) is 5.82 Å². The first-order chi connectivity index (χ1) is 9.91. The molecule has 21 heavy (non-hydrogen) atoms. The van der Waals surface area contributed by atoms with E-state index in [0.29, 0.717) is 16.3 Å². The molecule has 0 spiro atoms. The van der Waals surface area contributed by atoms with E-state index in [0.717, 1.165) is 0 Å². The van der Waals surface area contributed by atoms with E-state index in [4.69, 9.17) is 11.6 Å². The van der Waals surface area contributed by atoms with E-state index in [1.807, 2.05) is 37.6 Å². The second kappa shape index (κ2) is 6.44. The number of halogens is 2. The Morgan fingerprint density at radius 1 is 1.24 bits per heavy atom. The van der Waals surface area contributed by atoms with Crippen molar-refractivity contribution in [1.29, 1.82) is 0 Å². The quantitative estimate of drug-likeness (QED) is 0.692. The standard InChI is InChI=1S/C17H19ClFNO/c1-11(2)20-9-5-8-15(20)16(21)10-12(3)17-13(18)6-4-7-14(17)19/h4-9,11-12H,10H2,1-3H3. The second-order valence-corrected chi connectivity index (χ2v) is 5.97. The Balaban J connectivity index is 2.21. The van der Waals surface area contributed by atoms with Crippen molar-refractivity contribution in [3.63, 3.8) is 0 Å². The van der Waals surface area contributed by atoms with E-state index >= 15 is 0 Å². The molecular weight excluding hydrogens is 289 g/mol. The number of rotatable bonds is 5. The summed E-state index contributed by atoms with van der Waals surface area (Å²) in [5.41, 5.74) is 1.07. The summed E-state index contributed by atoms with van der Waals surface area (Å²) in [6.45, 7) is 5.87. The Morgan fingerprint density at radius 3 is 2.57 bits per heavy atom.